The first-order valence-corrected chi connectivity index (χ1v) is 15.4. The number of phenols is 2. The molecule has 2 N–H and O–H groups in total. The summed E-state index contributed by atoms with van der Waals surface area (Å²) in [5.41, 5.74) is 7.73. The van der Waals surface area contributed by atoms with Gasteiger partial charge < -0.3 is 10.2 Å². The van der Waals surface area contributed by atoms with Gasteiger partial charge in [-0.2, -0.15) is 0 Å². The molecule has 0 fully saturated rings. The van der Waals surface area contributed by atoms with Crippen molar-refractivity contribution in [2.45, 2.75) is 151 Å². The van der Waals surface area contributed by atoms with Crippen molar-refractivity contribution in [3.05, 3.63) is 57.6 Å². The molecule has 0 bridgehead atoms. The second-order valence-corrected chi connectivity index (χ2v) is 13.6. The fraction of sp³-hybridized carbons (Fsp3) is 0.667. The number of aryl methyl sites for hydroxylation is 1. The summed E-state index contributed by atoms with van der Waals surface area (Å²) in [5.74, 6) is 1.68. The van der Waals surface area contributed by atoms with Crippen molar-refractivity contribution < 1.29 is 10.2 Å². The van der Waals surface area contributed by atoms with Gasteiger partial charge >= 0.3 is 0 Å². The van der Waals surface area contributed by atoms with Gasteiger partial charge in [0, 0.05) is 0 Å². The van der Waals surface area contributed by atoms with Crippen LogP contribution in [0.25, 0.3) is 0 Å². The monoisotopic (exact) mass is 524 g/mol. The van der Waals surface area contributed by atoms with Crippen molar-refractivity contribution in [3.63, 3.8) is 0 Å². The first-order chi connectivity index (χ1) is 17.7. The Bertz CT molecular complexity index is 938. The van der Waals surface area contributed by atoms with E-state index in [1.54, 1.807) is 5.56 Å². The smallest absolute Gasteiger partial charge is 0.123 e. The number of aromatic hydroxyl groups is 2. The van der Waals surface area contributed by atoms with Gasteiger partial charge in [0.25, 0.3) is 0 Å². The van der Waals surface area contributed by atoms with Gasteiger partial charge in [-0.05, 0) is 101 Å². The average molecular weight is 525 g/mol. The summed E-state index contributed by atoms with van der Waals surface area (Å²) < 4.78 is 0. The van der Waals surface area contributed by atoms with Crippen molar-refractivity contribution >= 4 is 0 Å². The van der Waals surface area contributed by atoms with Gasteiger partial charge in [-0.3, -0.25) is 0 Å². The summed E-state index contributed by atoms with van der Waals surface area (Å²) in [7, 11) is 0. The molecule has 0 aromatic heterocycles. The predicted molar refractivity (Wildman–Crippen MR) is 168 cm³/mol. The molecule has 2 rings (SSSR count). The second kappa shape index (κ2) is 15.6. The average Bonchev–Trinajstić information content (AvgIpc) is 2.81. The Hall–Kier alpha value is -1.96. The topological polar surface area (TPSA) is 40.5 Å². The lowest BCUT2D eigenvalue weighted by molar-refractivity contribution is 0.423. The third-order valence-corrected chi connectivity index (χ3v) is 7.36. The van der Waals surface area contributed by atoms with E-state index in [1.807, 2.05) is 18.2 Å². The van der Waals surface area contributed by atoms with Crippen LogP contribution in [0.5, 0.6) is 11.5 Å². The van der Waals surface area contributed by atoms with E-state index in [-0.39, 0.29) is 10.8 Å². The molecule has 0 spiro atoms. The molecular formula is C36H60O2. The highest BCUT2D eigenvalue weighted by Gasteiger charge is 2.24. The molecule has 0 aliphatic rings. The number of hydrogen-bond donors (Lipinski definition) is 2. The molecule has 2 aromatic carbocycles. The van der Waals surface area contributed by atoms with Crippen LogP contribution in [0.15, 0.2) is 24.3 Å². The molecule has 0 atom stereocenters. The lowest BCUT2D eigenvalue weighted by atomic mass is 9.80. The normalized spacial score (nSPS) is 12.0. The fourth-order valence-electron chi connectivity index (χ4n) is 5.16. The number of phenolic OH excluding ortho intramolecular Hbond substituents is 2. The molecule has 2 heteroatoms. The van der Waals surface area contributed by atoms with E-state index in [2.05, 4.69) is 82.2 Å². The lowest BCUT2D eigenvalue weighted by Gasteiger charge is -2.26. The summed E-state index contributed by atoms with van der Waals surface area (Å²) in [5, 5.41) is 20.9. The van der Waals surface area contributed by atoms with Gasteiger partial charge in [-0.15, -0.1) is 0 Å². The molecule has 0 saturated heterocycles. The summed E-state index contributed by atoms with van der Waals surface area (Å²) in [6.07, 6.45) is 11.6. The second-order valence-electron chi connectivity index (χ2n) is 13.6. The number of para-hydroxylation sites is 1. The Morgan fingerprint density at radius 1 is 0.658 bits per heavy atom. The highest BCUT2D eigenvalue weighted by atomic mass is 16.3. The van der Waals surface area contributed by atoms with Crippen LogP contribution in [0, 0.1) is 5.92 Å². The minimum absolute atomic E-state index is 0.00859. The summed E-state index contributed by atoms with van der Waals surface area (Å²) in [6, 6.07) is 8.13. The van der Waals surface area contributed by atoms with Crippen molar-refractivity contribution in [2.24, 2.45) is 5.92 Å². The molecule has 38 heavy (non-hydrogen) atoms. The van der Waals surface area contributed by atoms with Crippen molar-refractivity contribution in [2.75, 3.05) is 0 Å². The molecule has 0 aliphatic heterocycles. The molecule has 0 heterocycles. The zero-order valence-corrected chi connectivity index (χ0v) is 26.9. The Morgan fingerprint density at radius 3 is 1.53 bits per heavy atom. The molecule has 0 saturated carbocycles. The largest absolute Gasteiger partial charge is 0.508 e. The lowest BCUT2D eigenvalue weighted by Crippen LogP contribution is -2.16. The predicted octanol–water partition coefficient (Wildman–Crippen LogP) is 10.6. The van der Waals surface area contributed by atoms with Gasteiger partial charge in [0.15, 0.2) is 0 Å². The standard InChI is InChI=1S/C22H38O.C14H22O/c1-6-9-12-18-16-22(23)20(14-11-8-3)19(13-10-7-2)21(18)15-17(4)5;1-13(2,3)10-8-7-9-11(12(10)15)14(4,5)6/h16-17,23H,6-15H2,1-5H3;7-9,15H,1-6H3. The molecule has 216 valence electrons. The first-order valence-electron chi connectivity index (χ1n) is 15.4. The minimum atomic E-state index is -0.00859. The summed E-state index contributed by atoms with van der Waals surface area (Å²) in [4.78, 5) is 0. The maximum Gasteiger partial charge on any atom is 0.123 e. The highest BCUT2D eigenvalue weighted by Crippen LogP contribution is 2.38. The van der Waals surface area contributed by atoms with E-state index in [9.17, 15) is 10.2 Å². The van der Waals surface area contributed by atoms with E-state index >= 15 is 0 Å². The van der Waals surface area contributed by atoms with Crippen molar-refractivity contribution in [1.29, 1.82) is 0 Å². The van der Waals surface area contributed by atoms with Crippen LogP contribution >= 0.6 is 0 Å². The summed E-state index contributed by atoms with van der Waals surface area (Å²) in [6.45, 7) is 24.1. The van der Waals surface area contributed by atoms with E-state index < -0.39 is 0 Å². The number of hydrogen-bond acceptors (Lipinski definition) is 2. The zero-order valence-electron chi connectivity index (χ0n) is 26.9. The van der Waals surface area contributed by atoms with E-state index in [0.29, 0.717) is 17.4 Å². The Morgan fingerprint density at radius 2 is 1.11 bits per heavy atom. The number of benzene rings is 2. The van der Waals surface area contributed by atoms with Gasteiger partial charge in [-0.25, -0.2) is 0 Å². The molecule has 2 nitrogen and oxygen atoms in total. The van der Waals surface area contributed by atoms with Crippen LogP contribution < -0.4 is 0 Å². The van der Waals surface area contributed by atoms with Crippen LogP contribution in [-0.4, -0.2) is 10.2 Å². The Labute approximate surface area is 236 Å². The van der Waals surface area contributed by atoms with Gasteiger partial charge in [0.05, 0.1) is 0 Å². The molecular weight excluding hydrogens is 464 g/mol. The van der Waals surface area contributed by atoms with Gasteiger partial charge in [0.1, 0.15) is 11.5 Å². The molecule has 0 amide bonds. The third kappa shape index (κ3) is 10.3. The Balaban J connectivity index is 0.000000415. The highest BCUT2D eigenvalue weighted by molar-refractivity contribution is 5.50. The maximum atomic E-state index is 10.7. The first kappa shape index (κ1) is 34.1. The molecule has 0 aliphatic carbocycles. The molecule has 0 unspecified atom stereocenters. The number of rotatable bonds is 11. The minimum Gasteiger partial charge on any atom is -0.508 e. The molecule has 2 aromatic rings. The van der Waals surface area contributed by atoms with Crippen LogP contribution in [-0.2, 0) is 36.5 Å². The van der Waals surface area contributed by atoms with Crippen LogP contribution in [0.3, 0.4) is 0 Å². The number of unbranched alkanes of at least 4 members (excludes halogenated alkanes) is 3. The van der Waals surface area contributed by atoms with Crippen LogP contribution in [0.1, 0.15) is 148 Å². The molecule has 0 radical (unpaired) electrons. The zero-order chi connectivity index (χ0) is 29.1. The van der Waals surface area contributed by atoms with Gasteiger partial charge in [0.2, 0.25) is 0 Å². The Kier molecular flexibility index (Phi) is 14.0. The van der Waals surface area contributed by atoms with Crippen LogP contribution in [0.4, 0.5) is 0 Å². The quantitative estimate of drug-likeness (QED) is 0.307. The van der Waals surface area contributed by atoms with E-state index in [0.717, 1.165) is 36.8 Å². The maximum absolute atomic E-state index is 10.7. The third-order valence-electron chi connectivity index (χ3n) is 7.36. The SMILES string of the molecule is CC(C)(C)c1cccc(C(C)(C)C)c1O.CCCCc1cc(O)c(CCCC)c(CCCC)c1CC(C)C. The van der Waals surface area contributed by atoms with Crippen LogP contribution in [0.2, 0.25) is 0 Å². The summed E-state index contributed by atoms with van der Waals surface area (Å²) >= 11 is 0. The van der Waals surface area contributed by atoms with E-state index in [1.165, 1.54) is 55.2 Å². The van der Waals surface area contributed by atoms with Crippen molar-refractivity contribution in [1.82, 2.24) is 0 Å². The van der Waals surface area contributed by atoms with Crippen molar-refractivity contribution in [3.8, 4) is 11.5 Å². The fourth-order valence-corrected chi connectivity index (χ4v) is 5.16. The van der Waals surface area contributed by atoms with Gasteiger partial charge in [-0.1, -0.05) is 114 Å². The van der Waals surface area contributed by atoms with E-state index in [4.69, 9.17) is 0 Å².